The van der Waals surface area contributed by atoms with Gasteiger partial charge >= 0.3 is 0 Å². The number of para-hydroxylation sites is 2. The molecule has 286 valence electrons. The van der Waals surface area contributed by atoms with Gasteiger partial charge in [-0.1, -0.05) is 170 Å². The van der Waals surface area contributed by atoms with Gasteiger partial charge in [-0.25, -0.2) is 24.9 Å². The Morgan fingerprint density at radius 1 is 0.246 bits per heavy atom. The van der Waals surface area contributed by atoms with Crippen molar-refractivity contribution in [1.29, 1.82) is 0 Å². The van der Waals surface area contributed by atoms with E-state index in [9.17, 15) is 0 Å². The summed E-state index contributed by atoms with van der Waals surface area (Å²) < 4.78 is 2.32. The molecule has 6 heteroatoms. The molecule has 0 radical (unpaired) electrons. The number of benzene rings is 8. The zero-order chi connectivity index (χ0) is 40.5. The lowest BCUT2D eigenvalue weighted by atomic mass is 10.00. The van der Waals surface area contributed by atoms with Crippen LogP contribution in [0.1, 0.15) is 0 Å². The molecule has 0 aliphatic rings. The molecule has 0 aliphatic heterocycles. The van der Waals surface area contributed by atoms with Crippen molar-refractivity contribution in [2.45, 2.75) is 0 Å². The molecule has 0 amide bonds. The third kappa shape index (κ3) is 6.92. The third-order valence-corrected chi connectivity index (χ3v) is 11.1. The zero-order valence-corrected chi connectivity index (χ0v) is 33.0. The van der Waals surface area contributed by atoms with Crippen molar-refractivity contribution in [2.24, 2.45) is 0 Å². The van der Waals surface area contributed by atoms with E-state index in [-0.39, 0.29) is 0 Å². The highest BCUT2D eigenvalue weighted by Crippen LogP contribution is 2.36. The maximum absolute atomic E-state index is 5.16. The van der Waals surface area contributed by atoms with Gasteiger partial charge in [-0.15, -0.1) is 0 Å². The second-order valence-electron chi connectivity index (χ2n) is 14.9. The molecule has 3 aromatic heterocycles. The Bertz CT molecular complexity index is 3270. The minimum atomic E-state index is 0.608. The molecule has 0 saturated heterocycles. The highest BCUT2D eigenvalue weighted by Gasteiger charge is 2.17. The number of hydrogen-bond donors (Lipinski definition) is 0. The molecule has 8 aromatic carbocycles. The van der Waals surface area contributed by atoms with Gasteiger partial charge in [0.15, 0.2) is 23.3 Å². The van der Waals surface area contributed by atoms with Crippen molar-refractivity contribution in [3.63, 3.8) is 0 Å². The van der Waals surface area contributed by atoms with Crippen molar-refractivity contribution in [1.82, 2.24) is 29.5 Å². The van der Waals surface area contributed by atoms with Crippen LogP contribution in [0.3, 0.4) is 0 Å². The molecule has 0 fully saturated rings. The minimum Gasteiger partial charge on any atom is -0.309 e. The summed E-state index contributed by atoms with van der Waals surface area (Å²) in [6.45, 7) is 0. The summed E-state index contributed by atoms with van der Waals surface area (Å²) in [7, 11) is 0. The van der Waals surface area contributed by atoms with Crippen LogP contribution in [0.5, 0.6) is 0 Å². The zero-order valence-electron chi connectivity index (χ0n) is 33.0. The quantitative estimate of drug-likeness (QED) is 0.154. The number of hydrogen-bond acceptors (Lipinski definition) is 5. The summed E-state index contributed by atoms with van der Waals surface area (Å²) in [6, 6.07) is 75.1. The molecule has 11 aromatic rings. The summed E-state index contributed by atoms with van der Waals surface area (Å²) in [5.41, 5.74) is 13.1. The first-order chi connectivity index (χ1) is 30.2. The van der Waals surface area contributed by atoms with Crippen molar-refractivity contribution >= 4 is 21.8 Å². The van der Waals surface area contributed by atoms with Gasteiger partial charge in [0.05, 0.1) is 22.4 Å². The van der Waals surface area contributed by atoms with E-state index in [1.165, 1.54) is 5.39 Å². The molecular formula is C55H36N6. The fourth-order valence-electron chi connectivity index (χ4n) is 8.06. The highest BCUT2D eigenvalue weighted by molar-refractivity contribution is 6.10. The average Bonchev–Trinajstić information content (AvgIpc) is 3.68. The molecular weight excluding hydrogens is 745 g/mol. The molecule has 0 unspecified atom stereocenters. The Morgan fingerprint density at radius 2 is 0.672 bits per heavy atom. The summed E-state index contributed by atoms with van der Waals surface area (Å²) in [5.74, 6) is 2.54. The van der Waals surface area contributed by atoms with Gasteiger partial charge in [0.25, 0.3) is 0 Å². The fraction of sp³-hybridized carbons (Fsp3) is 0. The van der Waals surface area contributed by atoms with Crippen LogP contribution in [0.2, 0.25) is 0 Å². The SMILES string of the molecule is c1ccc(-c2cc(-c3ccc(-c4cccc(-c5nc(-c6ccccc6)nc(-c6ccc7c(c6)c6ccccc6n7-c6ccccc6)n5)c4)cc3)nc(-c3ccccc3)n2)cc1. The molecule has 11 rings (SSSR count). The molecule has 0 spiro atoms. The summed E-state index contributed by atoms with van der Waals surface area (Å²) >= 11 is 0. The Morgan fingerprint density at radius 3 is 1.31 bits per heavy atom. The monoisotopic (exact) mass is 780 g/mol. The fourth-order valence-corrected chi connectivity index (χ4v) is 8.06. The second-order valence-corrected chi connectivity index (χ2v) is 14.9. The van der Waals surface area contributed by atoms with E-state index < -0.39 is 0 Å². The lowest BCUT2D eigenvalue weighted by Gasteiger charge is -2.11. The molecule has 0 atom stereocenters. The lowest BCUT2D eigenvalue weighted by Crippen LogP contribution is -2.00. The van der Waals surface area contributed by atoms with Gasteiger partial charge in [0.1, 0.15) is 0 Å². The van der Waals surface area contributed by atoms with Crippen LogP contribution in [-0.4, -0.2) is 29.5 Å². The third-order valence-electron chi connectivity index (χ3n) is 11.1. The summed E-state index contributed by atoms with van der Waals surface area (Å²) in [6.07, 6.45) is 0. The smallest absolute Gasteiger partial charge is 0.164 e. The van der Waals surface area contributed by atoms with Crippen LogP contribution in [-0.2, 0) is 0 Å². The Balaban J connectivity index is 0.978. The summed E-state index contributed by atoms with van der Waals surface area (Å²) in [5, 5.41) is 2.31. The number of nitrogens with zero attached hydrogens (tertiary/aromatic N) is 6. The Labute approximate surface area is 353 Å². The van der Waals surface area contributed by atoms with Crippen LogP contribution < -0.4 is 0 Å². The molecule has 6 nitrogen and oxygen atoms in total. The van der Waals surface area contributed by atoms with E-state index in [1.54, 1.807) is 0 Å². The largest absolute Gasteiger partial charge is 0.309 e. The van der Waals surface area contributed by atoms with Crippen LogP contribution in [0.25, 0.3) is 107 Å². The molecule has 0 bridgehead atoms. The normalized spacial score (nSPS) is 11.3. The van der Waals surface area contributed by atoms with Gasteiger partial charge in [-0.05, 0) is 59.7 Å². The van der Waals surface area contributed by atoms with Crippen molar-refractivity contribution in [3.8, 4) is 84.9 Å². The average molecular weight is 781 g/mol. The van der Waals surface area contributed by atoms with E-state index in [0.29, 0.717) is 23.3 Å². The number of rotatable bonds is 8. The maximum atomic E-state index is 5.16. The highest BCUT2D eigenvalue weighted by atomic mass is 15.0. The van der Waals surface area contributed by atoms with Crippen LogP contribution in [0, 0.1) is 0 Å². The van der Waals surface area contributed by atoms with Gasteiger partial charge in [0, 0.05) is 49.8 Å². The van der Waals surface area contributed by atoms with Crippen molar-refractivity contribution in [3.05, 3.63) is 218 Å². The van der Waals surface area contributed by atoms with Gasteiger partial charge in [-0.2, -0.15) is 0 Å². The summed E-state index contributed by atoms with van der Waals surface area (Å²) in [4.78, 5) is 25.3. The van der Waals surface area contributed by atoms with E-state index in [1.807, 2.05) is 84.9 Å². The number of fused-ring (bicyclic) bond motifs is 3. The predicted octanol–water partition coefficient (Wildman–Crippen LogP) is 13.4. The van der Waals surface area contributed by atoms with E-state index in [4.69, 9.17) is 24.9 Å². The van der Waals surface area contributed by atoms with Crippen LogP contribution >= 0.6 is 0 Å². The lowest BCUT2D eigenvalue weighted by molar-refractivity contribution is 1.07. The Kier molecular flexibility index (Phi) is 9.06. The Hall–Kier alpha value is -8.35. The van der Waals surface area contributed by atoms with Gasteiger partial charge in [0.2, 0.25) is 0 Å². The molecule has 61 heavy (non-hydrogen) atoms. The van der Waals surface area contributed by atoms with Crippen LogP contribution in [0.15, 0.2) is 218 Å². The molecule has 0 saturated carbocycles. The standard InChI is InChI=1S/C55H36N6/c1-5-16-38(17-6-1)48-36-49(57-52(56-48)40-18-7-2-8-19-40)39-30-28-37(29-31-39)42-22-15-23-43(34-42)54-58-53(41-20-9-3-10-21-41)59-55(60-54)44-32-33-51-47(35-44)46-26-13-14-27-50(46)61(51)45-24-11-4-12-25-45/h1-36H. The van der Waals surface area contributed by atoms with Crippen molar-refractivity contribution < 1.29 is 0 Å². The second kappa shape index (κ2) is 15.4. The molecule has 0 aliphatic carbocycles. The van der Waals surface area contributed by atoms with E-state index in [0.717, 1.165) is 78.0 Å². The predicted molar refractivity (Wildman–Crippen MR) is 248 cm³/mol. The van der Waals surface area contributed by atoms with E-state index in [2.05, 4.69) is 138 Å². The molecule has 0 N–H and O–H groups in total. The van der Waals surface area contributed by atoms with Crippen LogP contribution in [0.4, 0.5) is 0 Å². The van der Waals surface area contributed by atoms with E-state index >= 15 is 0 Å². The van der Waals surface area contributed by atoms with Gasteiger partial charge < -0.3 is 4.57 Å². The topological polar surface area (TPSA) is 69.4 Å². The first-order valence-electron chi connectivity index (χ1n) is 20.3. The number of aromatic nitrogens is 6. The molecule has 3 heterocycles. The first kappa shape index (κ1) is 35.8. The maximum Gasteiger partial charge on any atom is 0.164 e. The van der Waals surface area contributed by atoms with Crippen molar-refractivity contribution in [2.75, 3.05) is 0 Å². The van der Waals surface area contributed by atoms with Gasteiger partial charge in [-0.3, -0.25) is 0 Å². The first-order valence-corrected chi connectivity index (χ1v) is 20.3. The minimum absolute atomic E-state index is 0.608.